The van der Waals surface area contributed by atoms with Crippen molar-refractivity contribution in [2.24, 2.45) is 5.73 Å². The summed E-state index contributed by atoms with van der Waals surface area (Å²) < 4.78 is 16.0. The van der Waals surface area contributed by atoms with Gasteiger partial charge in [0, 0.05) is 19.2 Å². The zero-order valence-corrected chi connectivity index (χ0v) is 10.7. The van der Waals surface area contributed by atoms with Crippen molar-refractivity contribution in [3.05, 3.63) is 29.3 Å². The van der Waals surface area contributed by atoms with E-state index in [9.17, 15) is 0 Å². The van der Waals surface area contributed by atoms with Crippen molar-refractivity contribution in [1.82, 2.24) is 0 Å². The Kier molecular flexibility index (Phi) is 5.97. The van der Waals surface area contributed by atoms with Gasteiger partial charge in [-0.2, -0.15) is 0 Å². The first-order valence-electron chi connectivity index (χ1n) is 5.67. The van der Waals surface area contributed by atoms with Crippen LogP contribution in [0.4, 0.5) is 0 Å². The molecular formula is C13H21NO3. The summed E-state index contributed by atoms with van der Waals surface area (Å²) in [6.07, 6.45) is 0.0613. The molecule has 2 N–H and O–H groups in total. The third-order valence-corrected chi connectivity index (χ3v) is 2.51. The van der Waals surface area contributed by atoms with Crippen LogP contribution in [-0.4, -0.2) is 26.9 Å². The van der Waals surface area contributed by atoms with Gasteiger partial charge in [0.2, 0.25) is 0 Å². The van der Waals surface area contributed by atoms with Gasteiger partial charge in [-0.3, -0.25) is 0 Å². The van der Waals surface area contributed by atoms with E-state index in [0.29, 0.717) is 19.8 Å². The maximum Gasteiger partial charge on any atom is 0.124 e. The molecule has 4 heteroatoms. The van der Waals surface area contributed by atoms with Crippen molar-refractivity contribution in [2.45, 2.75) is 26.2 Å². The maximum absolute atomic E-state index is 5.66. The molecule has 1 atom stereocenters. The summed E-state index contributed by atoms with van der Waals surface area (Å²) in [6, 6.07) is 5.89. The second-order valence-corrected chi connectivity index (χ2v) is 3.93. The standard InChI is InChI=1S/C13H21NO3/c1-10(8-15-2)17-9-12-6-11(7-14)4-5-13(12)16-3/h4-6,10H,7-9,14H2,1-3H3. The Hall–Kier alpha value is -1.10. The van der Waals surface area contributed by atoms with Crippen molar-refractivity contribution in [3.8, 4) is 5.75 Å². The number of nitrogens with two attached hydrogens (primary N) is 1. The summed E-state index contributed by atoms with van der Waals surface area (Å²) in [5, 5.41) is 0. The molecule has 0 saturated heterocycles. The lowest BCUT2D eigenvalue weighted by Crippen LogP contribution is -2.15. The Morgan fingerprint density at radius 2 is 2.06 bits per heavy atom. The fraction of sp³-hybridized carbons (Fsp3) is 0.538. The lowest BCUT2D eigenvalue weighted by Gasteiger charge is -2.14. The number of benzene rings is 1. The van der Waals surface area contributed by atoms with Crippen LogP contribution in [0.15, 0.2) is 18.2 Å². The third-order valence-electron chi connectivity index (χ3n) is 2.51. The summed E-state index contributed by atoms with van der Waals surface area (Å²) in [6.45, 7) is 3.58. The first kappa shape index (κ1) is 14.0. The summed E-state index contributed by atoms with van der Waals surface area (Å²) in [4.78, 5) is 0. The van der Waals surface area contributed by atoms with Gasteiger partial charge in [-0.25, -0.2) is 0 Å². The van der Waals surface area contributed by atoms with Gasteiger partial charge in [-0.1, -0.05) is 6.07 Å². The van der Waals surface area contributed by atoms with Crippen LogP contribution in [0, 0.1) is 0 Å². The molecule has 0 aromatic heterocycles. The van der Waals surface area contributed by atoms with Crippen LogP contribution in [0.3, 0.4) is 0 Å². The van der Waals surface area contributed by atoms with E-state index >= 15 is 0 Å². The second kappa shape index (κ2) is 7.27. The SMILES string of the molecule is COCC(C)OCc1cc(CN)ccc1OC. The van der Waals surface area contributed by atoms with E-state index in [-0.39, 0.29) is 6.10 Å². The summed E-state index contributed by atoms with van der Waals surface area (Å²) in [5.74, 6) is 0.826. The highest BCUT2D eigenvalue weighted by molar-refractivity contribution is 5.36. The van der Waals surface area contributed by atoms with Gasteiger partial charge in [-0.15, -0.1) is 0 Å². The molecular weight excluding hydrogens is 218 g/mol. The number of methoxy groups -OCH3 is 2. The van der Waals surface area contributed by atoms with Crippen molar-refractivity contribution < 1.29 is 14.2 Å². The number of hydrogen-bond acceptors (Lipinski definition) is 4. The van der Waals surface area contributed by atoms with Crippen LogP contribution >= 0.6 is 0 Å². The molecule has 0 aliphatic rings. The Morgan fingerprint density at radius 1 is 1.29 bits per heavy atom. The Bertz CT molecular complexity index is 341. The molecule has 17 heavy (non-hydrogen) atoms. The van der Waals surface area contributed by atoms with Gasteiger partial charge in [-0.05, 0) is 24.6 Å². The number of hydrogen-bond donors (Lipinski definition) is 1. The molecule has 1 rings (SSSR count). The van der Waals surface area contributed by atoms with E-state index in [2.05, 4.69) is 0 Å². The molecule has 0 saturated carbocycles. The number of ether oxygens (including phenoxy) is 3. The van der Waals surface area contributed by atoms with Crippen LogP contribution in [0.5, 0.6) is 5.75 Å². The molecule has 0 aliphatic carbocycles. The Morgan fingerprint density at radius 3 is 2.65 bits per heavy atom. The fourth-order valence-electron chi connectivity index (χ4n) is 1.59. The highest BCUT2D eigenvalue weighted by Crippen LogP contribution is 2.21. The maximum atomic E-state index is 5.66. The van der Waals surface area contributed by atoms with E-state index in [1.165, 1.54) is 0 Å². The minimum absolute atomic E-state index is 0.0613. The molecule has 96 valence electrons. The van der Waals surface area contributed by atoms with Crippen molar-refractivity contribution in [3.63, 3.8) is 0 Å². The molecule has 0 spiro atoms. The molecule has 0 radical (unpaired) electrons. The first-order valence-corrected chi connectivity index (χ1v) is 5.67. The zero-order valence-electron chi connectivity index (χ0n) is 10.7. The van der Waals surface area contributed by atoms with Crippen LogP contribution in [0.2, 0.25) is 0 Å². The molecule has 0 aliphatic heterocycles. The van der Waals surface area contributed by atoms with Crippen LogP contribution < -0.4 is 10.5 Å². The molecule has 0 heterocycles. The summed E-state index contributed by atoms with van der Waals surface area (Å²) in [7, 11) is 3.31. The van der Waals surface area contributed by atoms with Gasteiger partial charge >= 0.3 is 0 Å². The average Bonchev–Trinajstić information content (AvgIpc) is 2.36. The van der Waals surface area contributed by atoms with Crippen molar-refractivity contribution in [2.75, 3.05) is 20.8 Å². The summed E-state index contributed by atoms with van der Waals surface area (Å²) >= 11 is 0. The smallest absolute Gasteiger partial charge is 0.124 e. The van der Waals surface area contributed by atoms with Crippen LogP contribution in [0.25, 0.3) is 0 Å². The monoisotopic (exact) mass is 239 g/mol. The van der Waals surface area contributed by atoms with Gasteiger partial charge in [0.15, 0.2) is 0 Å². The lowest BCUT2D eigenvalue weighted by molar-refractivity contribution is -0.000753. The van der Waals surface area contributed by atoms with E-state index < -0.39 is 0 Å². The van der Waals surface area contributed by atoms with E-state index in [1.807, 2.05) is 25.1 Å². The van der Waals surface area contributed by atoms with E-state index in [0.717, 1.165) is 16.9 Å². The summed E-state index contributed by atoms with van der Waals surface area (Å²) in [5.41, 5.74) is 7.70. The molecule has 0 bridgehead atoms. The Labute approximate surface area is 103 Å². The topological polar surface area (TPSA) is 53.7 Å². The average molecular weight is 239 g/mol. The highest BCUT2D eigenvalue weighted by Gasteiger charge is 2.07. The van der Waals surface area contributed by atoms with Crippen LogP contribution in [0.1, 0.15) is 18.1 Å². The fourth-order valence-corrected chi connectivity index (χ4v) is 1.59. The van der Waals surface area contributed by atoms with Gasteiger partial charge in [0.05, 0.1) is 26.4 Å². The molecule has 0 fully saturated rings. The Balaban J connectivity index is 2.67. The third kappa shape index (κ3) is 4.34. The van der Waals surface area contributed by atoms with E-state index in [4.69, 9.17) is 19.9 Å². The van der Waals surface area contributed by atoms with E-state index in [1.54, 1.807) is 14.2 Å². The van der Waals surface area contributed by atoms with Crippen molar-refractivity contribution in [1.29, 1.82) is 0 Å². The molecule has 1 aromatic rings. The zero-order chi connectivity index (χ0) is 12.7. The highest BCUT2D eigenvalue weighted by atomic mass is 16.5. The predicted octanol–water partition coefficient (Wildman–Crippen LogP) is 1.71. The van der Waals surface area contributed by atoms with Crippen LogP contribution in [-0.2, 0) is 22.6 Å². The molecule has 1 aromatic carbocycles. The van der Waals surface area contributed by atoms with Gasteiger partial charge in [0.1, 0.15) is 5.75 Å². The minimum Gasteiger partial charge on any atom is -0.496 e. The first-order chi connectivity index (χ1) is 8.21. The van der Waals surface area contributed by atoms with Gasteiger partial charge < -0.3 is 19.9 Å². The molecule has 1 unspecified atom stereocenters. The molecule has 4 nitrogen and oxygen atoms in total. The van der Waals surface area contributed by atoms with Crippen molar-refractivity contribution >= 4 is 0 Å². The minimum atomic E-state index is 0.0613. The lowest BCUT2D eigenvalue weighted by atomic mass is 10.1. The normalized spacial score (nSPS) is 12.5. The largest absolute Gasteiger partial charge is 0.496 e. The predicted molar refractivity (Wildman–Crippen MR) is 67.0 cm³/mol. The van der Waals surface area contributed by atoms with Gasteiger partial charge in [0.25, 0.3) is 0 Å². The number of rotatable bonds is 7. The second-order valence-electron chi connectivity index (χ2n) is 3.93. The molecule has 0 amide bonds. The quantitative estimate of drug-likeness (QED) is 0.787.